The average Bonchev–Trinajstić information content (AvgIpc) is 3.05. The Labute approximate surface area is 156 Å². The lowest BCUT2D eigenvalue weighted by molar-refractivity contribution is 0.0787. The molecule has 0 saturated heterocycles. The molecular formula is C21H18ClN3O. The highest BCUT2D eigenvalue weighted by molar-refractivity contribution is 6.33. The first-order chi connectivity index (χ1) is 12.4. The Morgan fingerprint density at radius 2 is 1.81 bits per heavy atom. The topological polar surface area (TPSA) is 50.9 Å². The van der Waals surface area contributed by atoms with Gasteiger partial charge in [0.2, 0.25) is 0 Å². The summed E-state index contributed by atoms with van der Waals surface area (Å²) >= 11 is 6.31. The molecule has 0 spiro atoms. The van der Waals surface area contributed by atoms with Crippen LogP contribution in [0, 0.1) is 0 Å². The van der Waals surface area contributed by atoms with Crippen molar-refractivity contribution in [3.8, 4) is 17.1 Å². The fraction of sp³-hybridized carbons (Fsp3) is 0.143. The van der Waals surface area contributed by atoms with E-state index in [0.29, 0.717) is 5.02 Å². The number of halogens is 1. The number of benzene rings is 2. The van der Waals surface area contributed by atoms with Crippen molar-refractivity contribution in [3.05, 3.63) is 77.6 Å². The molecule has 0 atom stereocenters. The molecule has 2 aromatic carbocycles. The molecular weight excluding hydrogens is 346 g/mol. The van der Waals surface area contributed by atoms with Crippen molar-refractivity contribution in [2.24, 2.45) is 0 Å². The third-order valence-electron chi connectivity index (χ3n) is 4.38. The predicted octanol–water partition coefficient (Wildman–Crippen LogP) is 4.97. The minimum absolute atomic E-state index is 0.669. The summed E-state index contributed by atoms with van der Waals surface area (Å²) in [6.07, 6.45) is 1.75. The van der Waals surface area contributed by atoms with E-state index < -0.39 is 5.60 Å². The van der Waals surface area contributed by atoms with Crippen LogP contribution in [0.15, 0.2) is 67.0 Å². The molecule has 0 saturated carbocycles. The van der Waals surface area contributed by atoms with Gasteiger partial charge in [-0.25, -0.2) is 9.97 Å². The van der Waals surface area contributed by atoms with Crippen molar-refractivity contribution >= 4 is 22.6 Å². The maximum Gasteiger partial charge on any atom is 0.139 e. The van der Waals surface area contributed by atoms with E-state index in [2.05, 4.69) is 4.98 Å². The van der Waals surface area contributed by atoms with E-state index >= 15 is 0 Å². The normalized spacial score (nSPS) is 11.8. The molecule has 0 unspecified atom stereocenters. The number of aliphatic hydroxyl groups is 1. The Morgan fingerprint density at radius 3 is 2.58 bits per heavy atom. The summed E-state index contributed by atoms with van der Waals surface area (Å²) in [5, 5.41) is 10.9. The Hall–Kier alpha value is -2.69. The second-order valence-corrected chi connectivity index (χ2v) is 7.15. The maximum absolute atomic E-state index is 10.2. The molecule has 0 aliphatic carbocycles. The maximum atomic E-state index is 10.2. The Kier molecular flexibility index (Phi) is 4.02. The molecule has 0 amide bonds. The van der Waals surface area contributed by atoms with Gasteiger partial charge in [0.25, 0.3) is 0 Å². The lowest BCUT2D eigenvalue weighted by Gasteiger charge is -2.17. The monoisotopic (exact) mass is 363 g/mol. The zero-order chi connectivity index (χ0) is 18.3. The molecule has 26 heavy (non-hydrogen) atoms. The molecule has 0 bridgehead atoms. The number of hydrogen-bond acceptors (Lipinski definition) is 3. The summed E-state index contributed by atoms with van der Waals surface area (Å²) < 4.78 is 1.93. The van der Waals surface area contributed by atoms with Crippen LogP contribution in [-0.2, 0) is 5.60 Å². The lowest BCUT2D eigenvalue weighted by Crippen LogP contribution is -2.15. The van der Waals surface area contributed by atoms with Crippen molar-refractivity contribution < 1.29 is 5.11 Å². The van der Waals surface area contributed by atoms with Crippen LogP contribution in [0.1, 0.15) is 19.4 Å². The Morgan fingerprint density at radius 1 is 1.00 bits per heavy atom. The number of aromatic nitrogens is 3. The quantitative estimate of drug-likeness (QED) is 0.559. The number of imidazole rings is 1. The molecule has 130 valence electrons. The van der Waals surface area contributed by atoms with E-state index in [0.717, 1.165) is 33.7 Å². The zero-order valence-electron chi connectivity index (χ0n) is 14.5. The second kappa shape index (κ2) is 6.24. The molecule has 1 N–H and O–H groups in total. The van der Waals surface area contributed by atoms with Gasteiger partial charge >= 0.3 is 0 Å². The van der Waals surface area contributed by atoms with Crippen molar-refractivity contribution in [1.82, 2.24) is 14.5 Å². The van der Waals surface area contributed by atoms with Gasteiger partial charge in [-0.15, -0.1) is 0 Å². The minimum atomic E-state index is -0.903. The molecule has 0 radical (unpaired) electrons. The van der Waals surface area contributed by atoms with Crippen molar-refractivity contribution in [1.29, 1.82) is 0 Å². The van der Waals surface area contributed by atoms with E-state index in [1.54, 1.807) is 20.2 Å². The van der Waals surface area contributed by atoms with Crippen LogP contribution in [0.5, 0.6) is 0 Å². The predicted molar refractivity (Wildman–Crippen MR) is 105 cm³/mol. The van der Waals surface area contributed by atoms with Gasteiger partial charge in [0.05, 0.1) is 22.3 Å². The summed E-state index contributed by atoms with van der Waals surface area (Å²) in [5.41, 5.74) is 3.37. The van der Waals surface area contributed by atoms with E-state index in [9.17, 15) is 5.11 Å². The standard InChI is InChI=1S/C21H18ClN3O/c1-21(2,26)14-10-11-19-18(12-14)23-13-25(19)20-9-5-8-17(24-20)15-6-3-4-7-16(15)22/h3-13,26H,1-2H3. The number of rotatable bonds is 3. The Bertz CT molecular complexity index is 1100. The first-order valence-corrected chi connectivity index (χ1v) is 8.73. The van der Waals surface area contributed by atoms with Crippen LogP contribution in [0.2, 0.25) is 5.02 Å². The molecule has 2 heterocycles. The second-order valence-electron chi connectivity index (χ2n) is 6.74. The minimum Gasteiger partial charge on any atom is -0.386 e. The fourth-order valence-corrected chi connectivity index (χ4v) is 3.18. The number of pyridine rings is 1. The van der Waals surface area contributed by atoms with Crippen molar-refractivity contribution in [3.63, 3.8) is 0 Å². The van der Waals surface area contributed by atoms with Crippen LogP contribution < -0.4 is 0 Å². The van der Waals surface area contributed by atoms with Gasteiger partial charge in [-0.1, -0.05) is 41.9 Å². The van der Waals surface area contributed by atoms with Crippen LogP contribution >= 0.6 is 11.6 Å². The number of nitrogens with zero attached hydrogens (tertiary/aromatic N) is 3. The van der Waals surface area contributed by atoms with E-state index in [4.69, 9.17) is 16.6 Å². The van der Waals surface area contributed by atoms with Crippen molar-refractivity contribution in [2.45, 2.75) is 19.4 Å². The van der Waals surface area contributed by atoms with Gasteiger partial charge in [-0.05, 0) is 49.7 Å². The summed E-state index contributed by atoms with van der Waals surface area (Å²) in [6, 6.07) is 19.3. The molecule has 0 fully saturated rings. The fourth-order valence-electron chi connectivity index (χ4n) is 2.95. The van der Waals surface area contributed by atoms with Gasteiger partial charge < -0.3 is 5.11 Å². The number of hydrogen-bond donors (Lipinski definition) is 1. The first-order valence-electron chi connectivity index (χ1n) is 8.36. The molecule has 2 aromatic heterocycles. The van der Waals surface area contributed by atoms with Gasteiger partial charge in [-0.2, -0.15) is 0 Å². The molecule has 0 aliphatic heterocycles. The van der Waals surface area contributed by atoms with Crippen LogP contribution in [-0.4, -0.2) is 19.6 Å². The molecule has 0 aliphatic rings. The zero-order valence-corrected chi connectivity index (χ0v) is 15.3. The van der Waals surface area contributed by atoms with E-state index in [1.165, 1.54) is 0 Å². The first kappa shape index (κ1) is 16.8. The summed E-state index contributed by atoms with van der Waals surface area (Å²) in [6.45, 7) is 3.53. The van der Waals surface area contributed by atoms with Crippen LogP contribution in [0.4, 0.5) is 0 Å². The van der Waals surface area contributed by atoms with E-state index in [-0.39, 0.29) is 0 Å². The number of fused-ring (bicyclic) bond motifs is 1. The summed E-state index contributed by atoms with van der Waals surface area (Å²) in [4.78, 5) is 9.23. The average molecular weight is 364 g/mol. The van der Waals surface area contributed by atoms with Gasteiger partial charge in [-0.3, -0.25) is 4.57 Å². The largest absolute Gasteiger partial charge is 0.386 e. The van der Waals surface area contributed by atoms with Crippen molar-refractivity contribution in [2.75, 3.05) is 0 Å². The van der Waals surface area contributed by atoms with Crippen LogP contribution in [0.3, 0.4) is 0 Å². The van der Waals surface area contributed by atoms with Gasteiger partial charge in [0.15, 0.2) is 0 Å². The summed E-state index contributed by atoms with van der Waals surface area (Å²) in [7, 11) is 0. The molecule has 5 heteroatoms. The molecule has 4 aromatic rings. The van der Waals surface area contributed by atoms with Crippen LogP contribution in [0.25, 0.3) is 28.1 Å². The third-order valence-corrected chi connectivity index (χ3v) is 4.71. The highest BCUT2D eigenvalue weighted by atomic mass is 35.5. The third kappa shape index (κ3) is 2.98. The SMILES string of the molecule is CC(C)(O)c1ccc2c(c1)ncn2-c1cccc(-c2ccccc2Cl)n1. The van der Waals surface area contributed by atoms with Gasteiger partial charge in [0.1, 0.15) is 12.1 Å². The highest BCUT2D eigenvalue weighted by Gasteiger charge is 2.17. The van der Waals surface area contributed by atoms with E-state index in [1.807, 2.05) is 65.2 Å². The summed E-state index contributed by atoms with van der Waals surface area (Å²) in [5.74, 6) is 0.765. The Balaban J connectivity index is 1.81. The highest BCUT2D eigenvalue weighted by Crippen LogP contribution is 2.28. The lowest BCUT2D eigenvalue weighted by atomic mass is 9.98. The smallest absolute Gasteiger partial charge is 0.139 e. The molecule has 4 rings (SSSR count). The molecule has 4 nitrogen and oxygen atoms in total. The van der Waals surface area contributed by atoms with Gasteiger partial charge in [0, 0.05) is 10.6 Å².